The number of nitrogens with zero attached hydrogens (tertiary/aromatic N) is 1. The second-order valence-electron chi connectivity index (χ2n) is 4.96. The molecule has 8 nitrogen and oxygen atoms in total. The maximum atomic E-state index is 11.8. The zero-order chi connectivity index (χ0) is 14.9. The van der Waals surface area contributed by atoms with E-state index in [4.69, 9.17) is 9.47 Å². The molecule has 1 unspecified atom stereocenters. The average Bonchev–Trinajstić information content (AvgIpc) is 2.72. The van der Waals surface area contributed by atoms with E-state index >= 15 is 0 Å². The van der Waals surface area contributed by atoms with E-state index in [1.54, 1.807) is 6.92 Å². The van der Waals surface area contributed by atoms with Crippen molar-refractivity contribution < 1.29 is 19.7 Å². The number of aliphatic hydroxyl groups excluding tert-OH is 2. The molecular weight excluding hydrogens is 268 g/mol. The first-order chi connectivity index (χ1) is 9.43. The van der Waals surface area contributed by atoms with Gasteiger partial charge in [0.05, 0.1) is 19.3 Å². The maximum absolute atomic E-state index is 11.8. The Morgan fingerprint density at radius 1 is 1.60 bits per heavy atom. The van der Waals surface area contributed by atoms with Crippen molar-refractivity contribution in [1.82, 2.24) is 9.55 Å². The van der Waals surface area contributed by atoms with Crippen molar-refractivity contribution in [1.29, 1.82) is 0 Å². The fourth-order valence-electron chi connectivity index (χ4n) is 2.34. The molecule has 1 saturated heterocycles. The highest BCUT2D eigenvalue weighted by molar-refractivity contribution is 5.03. The fourth-order valence-corrected chi connectivity index (χ4v) is 2.34. The lowest BCUT2D eigenvalue weighted by Gasteiger charge is -2.29. The summed E-state index contributed by atoms with van der Waals surface area (Å²) in [5, 5.41) is 19.5. The Hall–Kier alpha value is -1.48. The van der Waals surface area contributed by atoms with E-state index in [0.717, 1.165) is 0 Å². The van der Waals surface area contributed by atoms with Crippen molar-refractivity contribution in [3.8, 4) is 0 Å². The van der Waals surface area contributed by atoms with Crippen molar-refractivity contribution in [3.05, 3.63) is 32.6 Å². The summed E-state index contributed by atoms with van der Waals surface area (Å²) in [5.41, 5.74) is -1.99. The zero-order valence-electron chi connectivity index (χ0n) is 11.3. The second kappa shape index (κ2) is 5.49. The third kappa shape index (κ3) is 2.42. The van der Waals surface area contributed by atoms with Gasteiger partial charge in [-0.2, -0.15) is 0 Å². The van der Waals surface area contributed by atoms with Crippen LogP contribution in [-0.2, 0) is 9.47 Å². The zero-order valence-corrected chi connectivity index (χ0v) is 11.3. The summed E-state index contributed by atoms with van der Waals surface area (Å²) in [5.74, 6) is 0. The molecule has 0 radical (unpaired) electrons. The van der Waals surface area contributed by atoms with Gasteiger partial charge in [-0.05, 0) is 6.92 Å². The molecule has 1 fully saturated rings. The van der Waals surface area contributed by atoms with E-state index in [2.05, 4.69) is 4.98 Å². The van der Waals surface area contributed by atoms with Gasteiger partial charge in [-0.25, -0.2) is 4.79 Å². The summed E-state index contributed by atoms with van der Waals surface area (Å²) in [6.45, 7) is 1.13. The van der Waals surface area contributed by atoms with Crippen molar-refractivity contribution in [3.63, 3.8) is 0 Å². The quantitative estimate of drug-likeness (QED) is 0.621. The van der Waals surface area contributed by atoms with Crippen LogP contribution in [0.1, 0.15) is 18.2 Å². The number of ether oxygens (including phenoxy) is 2. The first-order valence-corrected chi connectivity index (χ1v) is 6.21. The van der Waals surface area contributed by atoms with Crippen LogP contribution in [0.15, 0.2) is 15.8 Å². The highest BCUT2D eigenvalue weighted by Crippen LogP contribution is 2.36. The van der Waals surface area contributed by atoms with Crippen LogP contribution >= 0.6 is 0 Å². The molecule has 1 aromatic rings. The lowest BCUT2D eigenvalue weighted by Crippen LogP contribution is -2.47. The number of aromatic amines is 1. The number of aliphatic hydroxyl groups is 2. The van der Waals surface area contributed by atoms with Crippen LogP contribution in [0.3, 0.4) is 0 Å². The predicted octanol–water partition coefficient (Wildman–Crippen LogP) is -1.50. The van der Waals surface area contributed by atoms with E-state index in [-0.39, 0.29) is 13.0 Å². The Morgan fingerprint density at radius 2 is 2.30 bits per heavy atom. The van der Waals surface area contributed by atoms with Crippen molar-refractivity contribution >= 4 is 0 Å². The molecule has 3 atom stereocenters. The molecule has 0 spiro atoms. The van der Waals surface area contributed by atoms with Crippen molar-refractivity contribution in [2.24, 2.45) is 0 Å². The van der Waals surface area contributed by atoms with Crippen LogP contribution in [-0.4, -0.2) is 51.8 Å². The lowest BCUT2D eigenvalue weighted by molar-refractivity contribution is -0.156. The monoisotopic (exact) mass is 286 g/mol. The third-order valence-electron chi connectivity index (χ3n) is 3.52. The molecule has 0 aromatic carbocycles. The molecule has 1 aliphatic rings. The first kappa shape index (κ1) is 14.9. The average molecular weight is 286 g/mol. The van der Waals surface area contributed by atoms with Crippen LogP contribution < -0.4 is 11.2 Å². The number of aryl methyl sites for hydroxylation is 1. The Kier molecular flexibility index (Phi) is 4.09. The molecule has 20 heavy (non-hydrogen) atoms. The van der Waals surface area contributed by atoms with Crippen LogP contribution in [0.4, 0.5) is 0 Å². The molecule has 1 aliphatic heterocycles. The normalized spacial score (nSPS) is 29.8. The number of hydrogen-bond donors (Lipinski definition) is 3. The molecule has 0 amide bonds. The lowest BCUT2D eigenvalue weighted by atomic mass is 9.99. The second-order valence-corrected chi connectivity index (χ2v) is 4.96. The molecule has 0 aliphatic carbocycles. The number of hydrogen-bond acceptors (Lipinski definition) is 6. The smallest absolute Gasteiger partial charge is 0.330 e. The third-order valence-corrected chi connectivity index (χ3v) is 3.52. The van der Waals surface area contributed by atoms with Gasteiger partial charge in [0, 0.05) is 25.3 Å². The standard InChI is InChI=1S/C12H18N2O6/c1-7-4-14(11(18)13-10(7)17)9-3-8(16)12(5-15,20-9)6-19-2/h4,8-9,15-16H,3,5-6H2,1-2H3,(H,13,17,18)/t8?,9-,12+/m1/s1. The highest BCUT2D eigenvalue weighted by atomic mass is 16.6. The number of methoxy groups -OCH3 is 1. The Bertz CT molecular complexity index is 594. The van der Waals surface area contributed by atoms with Crippen LogP contribution in [0.5, 0.6) is 0 Å². The summed E-state index contributed by atoms with van der Waals surface area (Å²) in [4.78, 5) is 25.3. The van der Waals surface area contributed by atoms with Gasteiger partial charge >= 0.3 is 5.69 Å². The van der Waals surface area contributed by atoms with E-state index < -0.39 is 35.8 Å². The van der Waals surface area contributed by atoms with Crippen LogP contribution in [0, 0.1) is 6.92 Å². The SMILES string of the molecule is COC[C@]1(CO)O[C@@H](n2cc(C)c(=O)[nH]c2=O)CC1O. The fraction of sp³-hybridized carbons (Fsp3) is 0.667. The summed E-state index contributed by atoms with van der Waals surface area (Å²) < 4.78 is 11.8. The molecule has 2 heterocycles. The Labute approximate surface area is 114 Å². The molecule has 1 aromatic heterocycles. The molecular formula is C12H18N2O6. The molecule has 8 heteroatoms. The maximum Gasteiger partial charge on any atom is 0.330 e. The van der Waals surface area contributed by atoms with E-state index in [1.165, 1.54) is 17.9 Å². The minimum absolute atomic E-state index is 0.00173. The molecule has 3 N–H and O–H groups in total. The van der Waals surface area contributed by atoms with Gasteiger partial charge in [0.1, 0.15) is 11.8 Å². The molecule has 2 rings (SSSR count). The molecule has 0 bridgehead atoms. The minimum Gasteiger partial charge on any atom is -0.393 e. The Morgan fingerprint density at radius 3 is 2.90 bits per heavy atom. The van der Waals surface area contributed by atoms with Gasteiger partial charge in [0.15, 0.2) is 0 Å². The number of H-pyrrole nitrogens is 1. The van der Waals surface area contributed by atoms with Gasteiger partial charge in [-0.15, -0.1) is 0 Å². The van der Waals surface area contributed by atoms with Gasteiger partial charge in [-0.1, -0.05) is 0 Å². The van der Waals surface area contributed by atoms with Crippen molar-refractivity contribution in [2.75, 3.05) is 20.3 Å². The first-order valence-electron chi connectivity index (χ1n) is 6.21. The minimum atomic E-state index is -1.26. The van der Waals surface area contributed by atoms with Gasteiger partial charge < -0.3 is 19.7 Å². The largest absolute Gasteiger partial charge is 0.393 e. The summed E-state index contributed by atoms with van der Waals surface area (Å²) >= 11 is 0. The molecule has 0 saturated carbocycles. The van der Waals surface area contributed by atoms with Gasteiger partial charge in [0.2, 0.25) is 0 Å². The van der Waals surface area contributed by atoms with E-state index in [9.17, 15) is 19.8 Å². The number of aromatic nitrogens is 2. The Balaban J connectivity index is 2.35. The highest BCUT2D eigenvalue weighted by Gasteiger charge is 2.48. The summed E-state index contributed by atoms with van der Waals surface area (Å²) in [6.07, 6.45) is -0.249. The van der Waals surface area contributed by atoms with E-state index in [1.807, 2.05) is 0 Å². The summed E-state index contributed by atoms with van der Waals surface area (Å²) in [7, 11) is 1.43. The number of rotatable bonds is 4. The van der Waals surface area contributed by atoms with Crippen LogP contribution in [0.25, 0.3) is 0 Å². The number of nitrogens with one attached hydrogen (secondary N) is 1. The topological polar surface area (TPSA) is 114 Å². The van der Waals surface area contributed by atoms with Crippen molar-refractivity contribution in [2.45, 2.75) is 31.3 Å². The van der Waals surface area contributed by atoms with E-state index in [0.29, 0.717) is 5.56 Å². The van der Waals surface area contributed by atoms with Crippen LogP contribution in [0.2, 0.25) is 0 Å². The van der Waals surface area contributed by atoms with Gasteiger partial charge in [-0.3, -0.25) is 14.3 Å². The predicted molar refractivity (Wildman–Crippen MR) is 68.5 cm³/mol. The molecule has 112 valence electrons. The van der Waals surface area contributed by atoms with Gasteiger partial charge in [0.25, 0.3) is 5.56 Å². The summed E-state index contributed by atoms with van der Waals surface area (Å²) in [6, 6.07) is 0.